The van der Waals surface area contributed by atoms with E-state index in [0.717, 1.165) is 24.8 Å². The summed E-state index contributed by atoms with van der Waals surface area (Å²) in [6.07, 6.45) is 18.0. The molecule has 0 radical (unpaired) electrons. The lowest BCUT2D eigenvalue weighted by Gasteiger charge is -2.39. The molecule has 7 rings (SSSR count). The lowest BCUT2D eigenvalue weighted by molar-refractivity contribution is 0.496. The average molecular weight is 559 g/mol. The first-order chi connectivity index (χ1) is 21.2. The number of aliphatic imine (C=N–C) groups is 1. The fourth-order valence-corrected chi connectivity index (χ4v) is 7.61. The van der Waals surface area contributed by atoms with Crippen molar-refractivity contribution in [1.82, 2.24) is 0 Å². The molecule has 1 aliphatic heterocycles. The van der Waals surface area contributed by atoms with Crippen LogP contribution in [-0.2, 0) is 0 Å². The molecule has 2 nitrogen and oxygen atoms in total. The van der Waals surface area contributed by atoms with Crippen molar-refractivity contribution in [3.63, 3.8) is 0 Å². The molecule has 4 aromatic carbocycles. The molecule has 0 aromatic heterocycles. The predicted octanol–water partition coefficient (Wildman–Crippen LogP) is 9.91. The number of nitrogens with two attached hydrogens (primary N) is 1. The Bertz CT molecular complexity index is 1880. The van der Waals surface area contributed by atoms with E-state index < -0.39 is 0 Å². The Balaban J connectivity index is 1.43. The smallest absolute Gasteiger partial charge is 0.0230 e. The van der Waals surface area contributed by atoms with Crippen LogP contribution in [0, 0.1) is 18.8 Å². The Morgan fingerprint density at radius 3 is 2.47 bits per heavy atom. The minimum atomic E-state index is 0.262. The summed E-state index contributed by atoms with van der Waals surface area (Å²) < 4.78 is 0. The molecule has 3 unspecified atom stereocenters. The van der Waals surface area contributed by atoms with Gasteiger partial charge in [0, 0.05) is 36.0 Å². The summed E-state index contributed by atoms with van der Waals surface area (Å²) in [6.45, 7) is 4.28. The average Bonchev–Trinajstić information content (AvgIpc) is 3.06. The predicted molar refractivity (Wildman–Crippen MR) is 183 cm³/mol. The van der Waals surface area contributed by atoms with Gasteiger partial charge in [-0.15, -0.1) is 0 Å². The number of benzene rings is 4. The third kappa shape index (κ3) is 4.72. The second-order valence-electron chi connectivity index (χ2n) is 11.9. The summed E-state index contributed by atoms with van der Waals surface area (Å²) >= 11 is 0. The summed E-state index contributed by atoms with van der Waals surface area (Å²) in [7, 11) is 0. The molecule has 2 heteroatoms. The van der Waals surface area contributed by atoms with Crippen molar-refractivity contribution in [2.75, 3.05) is 0 Å². The van der Waals surface area contributed by atoms with Gasteiger partial charge in [-0.05, 0) is 94.3 Å². The summed E-state index contributed by atoms with van der Waals surface area (Å²) in [5.74, 6) is 1.05. The second kappa shape index (κ2) is 11.5. The number of allylic oxidation sites excluding steroid dienone is 7. The van der Waals surface area contributed by atoms with E-state index in [2.05, 4.69) is 128 Å². The van der Waals surface area contributed by atoms with E-state index in [4.69, 9.17) is 5.73 Å². The lowest BCUT2D eigenvalue weighted by atomic mass is 9.64. The fourth-order valence-electron chi connectivity index (χ4n) is 7.61. The molecule has 43 heavy (non-hydrogen) atoms. The number of aryl methyl sites for hydroxylation is 1. The van der Waals surface area contributed by atoms with Gasteiger partial charge >= 0.3 is 0 Å². The van der Waals surface area contributed by atoms with Crippen molar-refractivity contribution in [3.05, 3.63) is 166 Å². The van der Waals surface area contributed by atoms with Crippen LogP contribution < -0.4 is 5.73 Å². The molecule has 4 aromatic rings. The first-order valence-corrected chi connectivity index (χ1v) is 15.6. The van der Waals surface area contributed by atoms with Crippen LogP contribution in [0.4, 0.5) is 0 Å². The van der Waals surface area contributed by atoms with E-state index in [1.807, 2.05) is 12.4 Å². The summed E-state index contributed by atoms with van der Waals surface area (Å²) in [4.78, 5) is 4.30. The molecule has 3 atom stereocenters. The van der Waals surface area contributed by atoms with E-state index >= 15 is 0 Å². The molecular formula is C41H38N2. The van der Waals surface area contributed by atoms with Crippen molar-refractivity contribution in [2.45, 2.75) is 39.0 Å². The molecule has 3 aliphatic rings. The number of hydrogen-bond donors (Lipinski definition) is 1. The molecule has 0 saturated heterocycles. The van der Waals surface area contributed by atoms with Gasteiger partial charge in [0.05, 0.1) is 0 Å². The molecule has 2 N–H and O–H groups in total. The summed E-state index contributed by atoms with van der Waals surface area (Å²) in [6, 6.07) is 31.8. The molecule has 0 saturated carbocycles. The van der Waals surface area contributed by atoms with Crippen molar-refractivity contribution < 1.29 is 0 Å². The van der Waals surface area contributed by atoms with Gasteiger partial charge in [0.2, 0.25) is 0 Å². The Morgan fingerprint density at radius 2 is 1.67 bits per heavy atom. The standard InChI is InChI=1S/C41H38N2/c1-3-30(28-22-24-43-25-23-28)39(26-42)33-16-8-15-32-31(33)14-9-17-34(32)41-37-12-6-4-10-35(37)40(29-20-18-27(2)19-21-29)36-11-5-7-13-38(36)41/h3-4,6-10,12-22,24-26,28,36,40H,5,11,23,42H2,1-2H3/b30-3-,39-26+. The lowest BCUT2D eigenvalue weighted by Crippen LogP contribution is -2.24. The van der Waals surface area contributed by atoms with Gasteiger partial charge < -0.3 is 5.73 Å². The maximum atomic E-state index is 6.41. The maximum absolute atomic E-state index is 6.41. The van der Waals surface area contributed by atoms with E-state index in [0.29, 0.717) is 11.8 Å². The van der Waals surface area contributed by atoms with E-state index in [1.54, 1.807) is 6.20 Å². The zero-order chi connectivity index (χ0) is 29.3. The maximum Gasteiger partial charge on any atom is 0.0230 e. The van der Waals surface area contributed by atoms with Crippen LogP contribution in [0.2, 0.25) is 0 Å². The van der Waals surface area contributed by atoms with Gasteiger partial charge in [-0.1, -0.05) is 115 Å². The zero-order valence-electron chi connectivity index (χ0n) is 25.0. The first kappa shape index (κ1) is 27.2. The highest BCUT2D eigenvalue weighted by atomic mass is 14.7. The van der Waals surface area contributed by atoms with Crippen LogP contribution in [-0.4, -0.2) is 6.21 Å². The summed E-state index contributed by atoms with van der Waals surface area (Å²) in [5, 5.41) is 2.49. The number of nitrogens with zero attached hydrogens (tertiary/aromatic N) is 1. The van der Waals surface area contributed by atoms with Crippen LogP contribution in [0.1, 0.15) is 65.5 Å². The van der Waals surface area contributed by atoms with Crippen LogP contribution in [0.5, 0.6) is 0 Å². The minimum absolute atomic E-state index is 0.262. The molecule has 212 valence electrons. The normalized spacial score (nSPS) is 21.7. The highest BCUT2D eigenvalue weighted by Gasteiger charge is 2.37. The van der Waals surface area contributed by atoms with Crippen LogP contribution in [0.3, 0.4) is 0 Å². The van der Waals surface area contributed by atoms with E-state index in [-0.39, 0.29) is 5.92 Å². The van der Waals surface area contributed by atoms with Gasteiger partial charge in [-0.3, -0.25) is 4.99 Å². The molecule has 0 amide bonds. The third-order valence-corrected chi connectivity index (χ3v) is 9.57. The van der Waals surface area contributed by atoms with Gasteiger partial charge in [0.25, 0.3) is 0 Å². The Morgan fingerprint density at radius 1 is 0.884 bits per heavy atom. The first-order valence-electron chi connectivity index (χ1n) is 15.6. The monoisotopic (exact) mass is 558 g/mol. The summed E-state index contributed by atoms with van der Waals surface area (Å²) in [5.41, 5.74) is 19.5. The Hall–Kier alpha value is -4.69. The number of fused-ring (bicyclic) bond motifs is 3. The number of rotatable bonds is 5. The quantitative estimate of drug-likeness (QED) is 0.243. The van der Waals surface area contributed by atoms with Crippen molar-refractivity contribution in [1.29, 1.82) is 0 Å². The highest BCUT2D eigenvalue weighted by Crippen LogP contribution is 2.52. The molecular weight excluding hydrogens is 520 g/mol. The van der Waals surface area contributed by atoms with Gasteiger partial charge in [-0.25, -0.2) is 0 Å². The van der Waals surface area contributed by atoms with Crippen molar-refractivity contribution in [3.8, 4) is 0 Å². The Labute approximate surface area is 255 Å². The molecule has 1 heterocycles. The van der Waals surface area contributed by atoms with E-state index in [9.17, 15) is 0 Å². The minimum Gasteiger partial charge on any atom is -0.404 e. The zero-order valence-corrected chi connectivity index (χ0v) is 25.0. The molecule has 2 aliphatic carbocycles. The van der Waals surface area contributed by atoms with Crippen LogP contribution >= 0.6 is 0 Å². The molecule has 0 fully saturated rings. The SMILES string of the molecule is C/C=C(\C(=C/N)c1cccc2c(C3=C4C=CCCC4C(c4ccc(C)cc4)c4ccccc43)cccc12)C1C=CN=CC1. The third-order valence-electron chi connectivity index (χ3n) is 9.57. The Kier molecular flexibility index (Phi) is 7.28. The topological polar surface area (TPSA) is 38.4 Å². The molecule has 0 spiro atoms. The highest BCUT2D eigenvalue weighted by molar-refractivity contribution is 6.05. The van der Waals surface area contributed by atoms with Gasteiger partial charge in [0.15, 0.2) is 0 Å². The van der Waals surface area contributed by atoms with Crippen molar-refractivity contribution in [2.24, 2.45) is 22.6 Å². The van der Waals surface area contributed by atoms with E-state index in [1.165, 1.54) is 60.9 Å². The fraction of sp³-hybridized carbons (Fsp3) is 0.195. The molecule has 0 bridgehead atoms. The largest absolute Gasteiger partial charge is 0.404 e. The second-order valence-corrected chi connectivity index (χ2v) is 11.9. The number of hydrogen-bond acceptors (Lipinski definition) is 2. The van der Waals surface area contributed by atoms with Crippen LogP contribution in [0.15, 0.2) is 138 Å². The van der Waals surface area contributed by atoms with Gasteiger partial charge in [0.1, 0.15) is 0 Å². The van der Waals surface area contributed by atoms with Crippen molar-refractivity contribution >= 4 is 28.1 Å². The van der Waals surface area contributed by atoms with Gasteiger partial charge in [-0.2, -0.15) is 0 Å². The van der Waals surface area contributed by atoms with Crippen LogP contribution in [0.25, 0.3) is 21.9 Å².